The molecule has 6 N–H and O–H groups in total. The lowest BCUT2D eigenvalue weighted by Crippen LogP contribution is -2.50. The Morgan fingerprint density at radius 1 is 0.714 bits per heavy atom. The highest BCUT2D eigenvalue weighted by atomic mass is 16.5. The number of hydrogen-bond acceptors (Lipinski definition) is 12. The number of carboxylic acid groups (broad SMARTS) is 3. The Morgan fingerprint density at radius 2 is 1.16 bits per heavy atom. The van der Waals surface area contributed by atoms with Gasteiger partial charge in [0.2, 0.25) is 11.8 Å². The van der Waals surface area contributed by atoms with Crippen LogP contribution in [0.15, 0.2) is 42.0 Å². The Labute approximate surface area is 284 Å². The quantitative estimate of drug-likeness (QED) is 0.0674. The zero-order valence-electron chi connectivity index (χ0n) is 27.6. The van der Waals surface area contributed by atoms with Crippen molar-refractivity contribution in [1.82, 2.24) is 24.9 Å². The second kappa shape index (κ2) is 22.0. The van der Waals surface area contributed by atoms with E-state index in [9.17, 15) is 44.1 Å². The minimum absolute atomic E-state index is 0.125. The molecule has 1 aromatic carbocycles. The smallest absolute Gasteiger partial charge is 0.337 e. The number of benzene rings is 1. The molecular formula is C32H46N6O11. The molecule has 270 valence electrons. The molecule has 1 aromatic rings. The maximum Gasteiger partial charge on any atom is 0.337 e. The summed E-state index contributed by atoms with van der Waals surface area (Å²) in [4.78, 5) is 78.3. The van der Waals surface area contributed by atoms with Gasteiger partial charge in [0.05, 0.1) is 51.5 Å². The Kier molecular flexibility index (Phi) is 18.2. The van der Waals surface area contributed by atoms with E-state index in [2.05, 4.69) is 10.6 Å². The van der Waals surface area contributed by atoms with Crippen LogP contribution in [0.4, 0.5) is 5.69 Å². The van der Waals surface area contributed by atoms with E-state index in [1.165, 1.54) is 12.2 Å². The zero-order valence-corrected chi connectivity index (χ0v) is 27.6. The van der Waals surface area contributed by atoms with Gasteiger partial charge in [-0.3, -0.25) is 43.6 Å². The number of rotatable bonds is 16. The molecule has 0 bridgehead atoms. The third-order valence-corrected chi connectivity index (χ3v) is 7.29. The fourth-order valence-corrected chi connectivity index (χ4v) is 4.82. The molecule has 1 aliphatic rings. The van der Waals surface area contributed by atoms with Gasteiger partial charge in [0, 0.05) is 58.0 Å². The van der Waals surface area contributed by atoms with Crippen LogP contribution in [0, 0.1) is 0 Å². The molecule has 0 aromatic heterocycles. The van der Waals surface area contributed by atoms with Crippen molar-refractivity contribution in [2.45, 2.75) is 6.92 Å². The first-order valence-corrected chi connectivity index (χ1v) is 15.8. The Hall–Kier alpha value is -4.68. The summed E-state index contributed by atoms with van der Waals surface area (Å²) in [6.45, 7) is 2.35. The van der Waals surface area contributed by atoms with Crippen LogP contribution in [0.25, 0.3) is 6.08 Å². The van der Waals surface area contributed by atoms with E-state index in [1.54, 1.807) is 56.9 Å². The molecule has 1 saturated heterocycles. The van der Waals surface area contributed by atoms with Gasteiger partial charge in [-0.15, -0.1) is 0 Å². The van der Waals surface area contributed by atoms with Gasteiger partial charge in [-0.2, -0.15) is 0 Å². The largest absolute Gasteiger partial charge is 0.480 e. The average molecular weight is 691 g/mol. The second-order valence-corrected chi connectivity index (χ2v) is 11.1. The van der Waals surface area contributed by atoms with E-state index < -0.39 is 35.7 Å². The summed E-state index contributed by atoms with van der Waals surface area (Å²) in [6, 6.07) is 6.69. The summed E-state index contributed by atoms with van der Waals surface area (Å²) in [5.41, 5.74) is 1.38. The first kappa shape index (κ1) is 40.5. The molecule has 0 saturated carbocycles. The number of nitrogens with zero attached hydrogens (tertiary/aromatic N) is 4. The van der Waals surface area contributed by atoms with Crippen LogP contribution in [0.1, 0.15) is 12.5 Å². The number of carboxylic acids is 3. The number of anilines is 1. The van der Waals surface area contributed by atoms with Crippen molar-refractivity contribution in [2.24, 2.45) is 0 Å². The number of ether oxygens (including phenoxy) is 1. The van der Waals surface area contributed by atoms with E-state index in [1.807, 2.05) is 0 Å². The van der Waals surface area contributed by atoms with Crippen LogP contribution in [0.2, 0.25) is 0 Å². The number of amides is 2. The lowest BCUT2D eigenvalue weighted by Gasteiger charge is -2.32. The normalized spacial score (nSPS) is 16.3. The van der Waals surface area contributed by atoms with E-state index in [4.69, 9.17) is 9.84 Å². The molecule has 0 atom stereocenters. The topological polar surface area (TPSA) is 230 Å². The first-order chi connectivity index (χ1) is 23.4. The molecule has 0 unspecified atom stereocenters. The number of aliphatic hydroxyl groups excluding tert-OH is 1. The van der Waals surface area contributed by atoms with Crippen molar-refractivity contribution in [3.8, 4) is 0 Å². The maximum absolute atomic E-state index is 12.8. The van der Waals surface area contributed by atoms with E-state index >= 15 is 0 Å². The van der Waals surface area contributed by atoms with E-state index in [0.29, 0.717) is 11.3 Å². The van der Waals surface area contributed by atoms with E-state index in [-0.39, 0.29) is 104 Å². The molecule has 17 heteroatoms. The number of hydrogen-bond donors (Lipinski definition) is 6. The summed E-state index contributed by atoms with van der Waals surface area (Å²) >= 11 is 0. The zero-order chi connectivity index (χ0) is 36.2. The fraction of sp³-hybridized carbons (Fsp3) is 0.500. The molecule has 1 fully saturated rings. The highest BCUT2D eigenvalue weighted by Crippen LogP contribution is 2.12. The van der Waals surface area contributed by atoms with Crippen molar-refractivity contribution in [2.75, 3.05) is 104 Å². The summed E-state index contributed by atoms with van der Waals surface area (Å²) < 4.78 is 4.96. The minimum Gasteiger partial charge on any atom is -0.480 e. The van der Waals surface area contributed by atoms with Gasteiger partial charge in [0.25, 0.3) is 0 Å². The van der Waals surface area contributed by atoms with Gasteiger partial charge in [-0.1, -0.05) is 18.2 Å². The second-order valence-electron chi connectivity index (χ2n) is 11.1. The number of nitrogens with one attached hydrogen (secondary N) is 2. The highest BCUT2D eigenvalue weighted by molar-refractivity contribution is 5.95. The number of aliphatic hydroxyl groups is 1. The summed E-state index contributed by atoms with van der Waals surface area (Å²) in [5.74, 6) is -4.65. The maximum atomic E-state index is 12.8. The lowest BCUT2D eigenvalue weighted by atomic mass is 10.1. The van der Waals surface area contributed by atoms with Gasteiger partial charge < -0.3 is 35.8 Å². The van der Waals surface area contributed by atoms with Crippen LogP contribution in [0.5, 0.6) is 0 Å². The number of esters is 1. The average Bonchev–Trinajstić information content (AvgIpc) is 3.03. The van der Waals surface area contributed by atoms with Gasteiger partial charge in [-0.25, -0.2) is 4.79 Å². The number of carbonyl (C=O) groups is 6. The predicted molar refractivity (Wildman–Crippen MR) is 178 cm³/mol. The van der Waals surface area contributed by atoms with Crippen molar-refractivity contribution in [3.05, 3.63) is 47.6 Å². The van der Waals surface area contributed by atoms with Crippen LogP contribution in [-0.4, -0.2) is 174 Å². The van der Waals surface area contributed by atoms with Gasteiger partial charge in [0.1, 0.15) is 0 Å². The minimum atomic E-state index is -1.05. The third-order valence-electron chi connectivity index (χ3n) is 7.29. The predicted octanol–water partition coefficient (Wildman–Crippen LogP) is -1.29. The van der Waals surface area contributed by atoms with Crippen LogP contribution < -0.4 is 10.6 Å². The SMILES string of the molecule is CCOC(=O)C(C=Cc1ccc(NC(=O)CNC(=O)CN2CCN(CC(=O)O)CCN(CC(=O)O)CCN(CC(=O)O)CC2)cc1)=CCO. The molecule has 2 rings (SSSR count). The molecule has 1 heterocycles. The molecule has 0 spiro atoms. The summed E-state index contributed by atoms with van der Waals surface area (Å²) in [5, 5.41) is 42.4. The molecular weight excluding hydrogens is 644 g/mol. The van der Waals surface area contributed by atoms with E-state index in [0.717, 1.165) is 0 Å². The fourth-order valence-electron chi connectivity index (χ4n) is 4.82. The summed E-state index contributed by atoms with van der Waals surface area (Å²) in [7, 11) is 0. The highest BCUT2D eigenvalue weighted by Gasteiger charge is 2.21. The lowest BCUT2D eigenvalue weighted by molar-refractivity contribution is -0.140. The third kappa shape index (κ3) is 17.3. The molecule has 0 radical (unpaired) electrons. The van der Waals surface area contributed by atoms with Crippen LogP contribution >= 0.6 is 0 Å². The number of aliphatic carboxylic acids is 3. The molecule has 0 aliphatic carbocycles. The van der Waals surface area contributed by atoms with Crippen molar-refractivity contribution >= 4 is 47.5 Å². The molecule has 17 nitrogen and oxygen atoms in total. The molecule has 1 aliphatic heterocycles. The van der Waals surface area contributed by atoms with Crippen molar-refractivity contribution in [3.63, 3.8) is 0 Å². The van der Waals surface area contributed by atoms with Crippen molar-refractivity contribution < 1.29 is 53.9 Å². The molecule has 2 amide bonds. The Morgan fingerprint density at radius 3 is 1.57 bits per heavy atom. The van der Waals surface area contributed by atoms with Crippen molar-refractivity contribution in [1.29, 1.82) is 0 Å². The number of carbonyl (C=O) groups excluding carboxylic acids is 3. The van der Waals surface area contributed by atoms with Crippen LogP contribution in [0.3, 0.4) is 0 Å². The van der Waals surface area contributed by atoms with Gasteiger partial charge in [-0.05, 0) is 36.8 Å². The van der Waals surface area contributed by atoms with Gasteiger partial charge >= 0.3 is 23.9 Å². The van der Waals surface area contributed by atoms with Gasteiger partial charge in [0.15, 0.2) is 0 Å². The Balaban J connectivity index is 1.98. The standard InChI is InChI=1S/C32H46N6O11/c1-2-49-32(48)25(9-18-39)6-3-24-4-7-26(8-5-24)34-27(40)19-33-28(41)20-35-10-12-36(21-29(42)43)14-16-38(23-31(46)47)17-15-37(13-11-35)22-30(44)45/h3-9,39H,2,10-23H2,1H3,(H,33,41)(H,34,40)(H,42,43)(H,44,45)(H,46,47). The first-order valence-electron chi connectivity index (χ1n) is 15.8. The van der Waals surface area contributed by atoms with Crippen LogP contribution in [-0.2, 0) is 33.5 Å². The Bertz CT molecular complexity index is 1300. The molecule has 49 heavy (non-hydrogen) atoms. The summed E-state index contributed by atoms with van der Waals surface area (Å²) in [6.07, 6.45) is 4.49. The monoisotopic (exact) mass is 690 g/mol.